The minimum atomic E-state index is -0.903. The molecule has 0 aliphatic carbocycles. The average Bonchev–Trinajstić information content (AvgIpc) is 2.66. The molecule has 0 fully saturated rings. The van der Waals surface area contributed by atoms with Crippen molar-refractivity contribution >= 4 is 51.6 Å². The summed E-state index contributed by atoms with van der Waals surface area (Å²) in [5.41, 5.74) is 0. The maximum absolute atomic E-state index is 12.4. The highest BCUT2D eigenvalue weighted by molar-refractivity contribution is 8.28. The molecule has 0 heterocycles. The second-order valence-electron chi connectivity index (χ2n) is 5.98. The summed E-state index contributed by atoms with van der Waals surface area (Å²) in [6.45, 7) is 0.823. The predicted molar refractivity (Wildman–Crippen MR) is 112 cm³/mol. The van der Waals surface area contributed by atoms with Gasteiger partial charge in [-0.3, -0.25) is 24.0 Å². The molecule has 0 aliphatic rings. The number of thioether (sulfide) groups is 1. The molecule has 10 nitrogen and oxygen atoms in total. The van der Waals surface area contributed by atoms with Crippen LogP contribution in [0.15, 0.2) is 0 Å². The highest BCUT2D eigenvalue weighted by Gasteiger charge is 2.24. The fourth-order valence-electron chi connectivity index (χ4n) is 1.79. The van der Waals surface area contributed by atoms with Crippen molar-refractivity contribution in [1.29, 1.82) is 0 Å². The lowest BCUT2D eigenvalue weighted by atomic mass is 10.2. The summed E-state index contributed by atoms with van der Waals surface area (Å²) >= 11 is 1.54. The van der Waals surface area contributed by atoms with Crippen molar-refractivity contribution < 1.29 is 28.7 Å². The monoisotopic (exact) mass is 438 g/mol. The molecule has 0 aromatic heterocycles. The van der Waals surface area contributed by atoms with Gasteiger partial charge in [0.25, 0.3) is 5.24 Å². The second kappa shape index (κ2) is 14.1. The Bertz CT molecular complexity index is 573. The smallest absolute Gasteiger partial charge is 0.325 e. The van der Waals surface area contributed by atoms with E-state index < -0.39 is 46.7 Å². The summed E-state index contributed by atoms with van der Waals surface area (Å²) in [4.78, 5) is 58.9. The molecular weight excluding hydrogens is 408 g/mol. The van der Waals surface area contributed by atoms with Crippen molar-refractivity contribution in [2.24, 2.45) is 0 Å². The van der Waals surface area contributed by atoms with Crippen molar-refractivity contribution in [1.82, 2.24) is 21.3 Å². The van der Waals surface area contributed by atoms with E-state index in [1.807, 2.05) is 6.26 Å². The number of amides is 4. The third-order valence-electron chi connectivity index (χ3n) is 3.46. The first kappa shape index (κ1) is 26.1. The zero-order valence-corrected chi connectivity index (χ0v) is 18.5. The summed E-state index contributed by atoms with van der Waals surface area (Å²) < 4.78 is 4.38. The summed E-state index contributed by atoms with van der Waals surface area (Å²) in [5.74, 6) is -1.53. The molecule has 0 spiro atoms. The molecule has 0 unspecified atom stereocenters. The minimum absolute atomic E-state index is 0.185. The lowest BCUT2D eigenvalue weighted by molar-refractivity contribution is -0.141. The van der Waals surface area contributed by atoms with Gasteiger partial charge in [0, 0.05) is 0 Å². The van der Waals surface area contributed by atoms with Crippen LogP contribution < -0.4 is 21.3 Å². The maximum Gasteiger partial charge on any atom is 0.325 e. The van der Waals surface area contributed by atoms with Crippen molar-refractivity contribution in [3.8, 4) is 0 Å². The topological polar surface area (TPSA) is 143 Å². The Morgan fingerprint density at radius 3 is 2.18 bits per heavy atom. The minimum Gasteiger partial charge on any atom is -0.468 e. The Balaban J connectivity index is 4.56. The van der Waals surface area contributed by atoms with Gasteiger partial charge >= 0.3 is 5.97 Å². The number of carbonyl (C=O) groups is 5. The zero-order chi connectivity index (χ0) is 21.7. The quantitative estimate of drug-likeness (QED) is 0.205. The Morgan fingerprint density at radius 1 is 1.00 bits per heavy atom. The van der Waals surface area contributed by atoms with E-state index in [0.29, 0.717) is 12.2 Å². The molecule has 4 N–H and O–H groups in total. The van der Waals surface area contributed by atoms with Gasteiger partial charge in [0.15, 0.2) is 0 Å². The molecule has 0 aromatic rings. The number of carbonyl (C=O) groups excluding carboxylic acids is 5. The fraction of sp³-hybridized carbons (Fsp3) is 0.688. The van der Waals surface area contributed by atoms with E-state index in [0.717, 1.165) is 0 Å². The van der Waals surface area contributed by atoms with Crippen LogP contribution in [-0.2, 0) is 23.9 Å². The van der Waals surface area contributed by atoms with Gasteiger partial charge < -0.3 is 26.0 Å². The third kappa shape index (κ3) is 11.0. The number of nitrogens with one attached hydrogen (secondary N) is 4. The van der Waals surface area contributed by atoms with Gasteiger partial charge in [0.2, 0.25) is 17.7 Å². The van der Waals surface area contributed by atoms with Gasteiger partial charge in [-0.2, -0.15) is 22.7 Å². The first-order valence-electron chi connectivity index (χ1n) is 8.50. The standard InChI is InChI=1S/C16H30N4O6S2/c1-10(14(23)18-8-12(21)17-9-13(22)26-2)19-15(24)11(6-7-27-3)20-16(25)28(4)5/h10-11,28H,6-9H2,1-5H3,(H,17,21)(H,18,23)(H,19,24)(H,20,25)/t10-,11-/m0/s1. The molecule has 0 saturated heterocycles. The van der Waals surface area contributed by atoms with E-state index in [4.69, 9.17) is 0 Å². The van der Waals surface area contributed by atoms with E-state index >= 15 is 0 Å². The molecule has 0 aromatic carbocycles. The Kier molecular flexibility index (Phi) is 13.1. The van der Waals surface area contributed by atoms with Gasteiger partial charge in [0.1, 0.15) is 18.6 Å². The van der Waals surface area contributed by atoms with E-state index in [2.05, 4.69) is 26.0 Å². The number of rotatable bonds is 11. The molecule has 2 atom stereocenters. The normalized spacial score (nSPS) is 12.8. The lowest BCUT2D eigenvalue weighted by Gasteiger charge is -2.22. The average molecular weight is 439 g/mol. The molecular formula is C16H30N4O6S2. The molecule has 0 rings (SSSR count). The van der Waals surface area contributed by atoms with Gasteiger partial charge in [0.05, 0.1) is 13.7 Å². The van der Waals surface area contributed by atoms with Crippen LogP contribution >= 0.6 is 22.7 Å². The third-order valence-corrected chi connectivity index (χ3v) is 5.05. The number of hydrogen-bond acceptors (Lipinski definition) is 7. The fourth-order valence-corrected chi connectivity index (χ4v) is 2.67. The SMILES string of the molecule is COC(=O)CNC(=O)CNC(=O)[C@H](C)NC(=O)[C@H](CCSC)NC(=O)[SH](C)C. The van der Waals surface area contributed by atoms with Crippen LogP contribution in [0.3, 0.4) is 0 Å². The first-order chi connectivity index (χ1) is 13.1. The molecule has 12 heteroatoms. The van der Waals surface area contributed by atoms with Gasteiger partial charge in [-0.15, -0.1) is 0 Å². The molecule has 0 radical (unpaired) electrons. The largest absolute Gasteiger partial charge is 0.468 e. The van der Waals surface area contributed by atoms with Gasteiger partial charge in [-0.05, 0) is 37.9 Å². The molecule has 28 heavy (non-hydrogen) atoms. The van der Waals surface area contributed by atoms with Crippen LogP contribution in [-0.4, -0.2) is 85.7 Å². The molecule has 0 bridgehead atoms. The summed E-state index contributed by atoms with van der Waals surface area (Å²) in [7, 11) is 0.309. The van der Waals surface area contributed by atoms with E-state index in [1.54, 1.807) is 24.3 Å². The first-order valence-corrected chi connectivity index (χ1v) is 12.1. The van der Waals surface area contributed by atoms with Gasteiger partial charge in [-0.1, -0.05) is 0 Å². The van der Waals surface area contributed by atoms with Crippen molar-refractivity contribution in [3.05, 3.63) is 0 Å². The predicted octanol–water partition coefficient (Wildman–Crippen LogP) is -1.01. The number of thiol groups is 1. The number of esters is 1. The van der Waals surface area contributed by atoms with Crippen LogP contribution in [0.25, 0.3) is 0 Å². The Hall–Kier alpha value is -1.95. The number of ether oxygens (including phenoxy) is 1. The second-order valence-corrected chi connectivity index (χ2v) is 9.16. The maximum atomic E-state index is 12.4. The van der Waals surface area contributed by atoms with Gasteiger partial charge in [-0.25, -0.2) is 0 Å². The highest BCUT2D eigenvalue weighted by atomic mass is 32.2. The van der Waals surface area contributed by atoms with Crippen molar-refractivity contribution in [2.75, 3.05) is 44.7 Å². The Morgan fingerprint density at radius 2 is 1.64 bits per heavy atom. The molecule has 0 aliphatic heterocycles. The number of hydrogen-bond donors (Lipinski definition) is 5. The summed E-state index contributed by atoms with van der Waals surface area (Å²) in [5, 5.41) is 9.70. The summed E-state index contributed by atoms with van der Waals surface area (Å²) in [6, 6.07) is -1.64. The van der Waals surface area contributed by atoms with Crippen LogP contribution in [0.4, 0.5) is 4.79 Å². The van der Waals surface area contributed by atoms with Crippen LogP contribution in [0, 0.1) is 0 Å². The molecule has 0 saturated carbocycles. The van der Waals surface area contributed by atoms with Crippen LogP contribution in [0.1, 0.15) is 13.3 Å². The van der Waals surface area contributed by atoms with Crippen molar-refractivity contribution in [3.63, 3.8) is 0 Å². The summed E-state index contributed by atoms with van der Waals surface area (Å²) in [6.07, 6.45) is 5.90. The van der Waals surface area contributed by atoms with Crippen LogP contribution in [0.2, 0.25) is 0 Å². The molecule has 162 valence electrons. The highest BCUT2D eigenvalue weighted by Crippen LogP contribution is 2.15. The lowest BCUT2D eigenvalue weighted by Crippen LogP contribution is -2.53. The number of methoxy groups -OCH3 is 1. The van der Waals surface area contributed by atoms with Crippen molar-refractivity contribution in [2.45, 2.75) is 25.4 Å². The van der Waals surface area contributed by atoms with E-state index in [9.17, 15) is 24.0 Å². The van der Waals surface area contributed by atoms with Crippen LogP contribution in [0.5, 0.6) is 0 Å². The van der Waals surface area contributed by atoms with E-state index in [1.165, 1.54) is 14.0 Å². The Labute approximate surface area is 172 Å². The van der Waals surface area contributed by atoms with E-state index in [-0.39, 0.29) is 18.3 Å². The zero-order valence-electron chi connectivity index (χ0n) is 16.8. The molecule has 4 amide bonds.